The van der Waals surface area contributed by atoms with E-state index in [2.05, 4.69) is 18.2 Å². The van der Waals surface area contributed by atoms with Gasteiger partial charge in [0.15, 0.2) is 0 Å². The van der Waals surface area contributed by atoms with Gasteiger partial charge in [-0.25, -0.2) is 11.8 Å². The first-order valence-electron chi connectivity index (χ1n) is 6.07. The summed E-state index contributed by atoms with van der Waals surface area (Å²) in [7, 11) is -0.637. The third-order valence-corrected chi connectivity index (χ3v) is 4.78. The molecule has 0 unspecified atom stereocenters. The van der Waals surface area contributed by atoms with Crippen molar-refractivity contribution in [2.75, 3.05) is 0 Å². The molecule has 18 heavy (non-hydrogen) atoms. The van der Waals surface area contributed by atoms with E-state index in [1.807, 2.05) is 0 Å². The van der Waals surface area contributed by atoms with Crippen LogP contribution in [-0.2, 0) is 15.9 Å². The molecule has 3 rings (SSSR count). The lowest BCUT2D eigenvalue weighted by atomic mass is 9.74. The summed E-state index contributed by atoms with van der Waals surface area (Å²) < 4.78 is 10.9. The molecular weight excluding hydrogens is 247 g/mol. The van der Waals surface area contributed by atoms with Crippen LogP contribution in [0.4, 0.5) is 0 Å². The van der Waals surface area contributed by atoms with Gasteiger partial charge in [-0.05, 0) is 48.0 Å². The van der Waals surface area contributed by atoms with Crippen LogP contribution >= 0.6 is 11.3 Å². The molecule has 6 heteroatoms. The second-order valence-corrected chi connectivity index (χ2v) is 5.55. The maximum atomic E-state index is 5.25. The Bertz CT molecular complexity index is 604. The van der Waals surface area contributed by atoms with Crippen molar-refractivity contribution in [1.29, 1.82) is 0 Å². The number of hydrogen-bond acceptors (Lipinski definition) is 5. The minimum Gasteiger partial charge on any atom is -0.324 e. The predicted octanol–water partition coefficient (Wildman–Crippen LogP) is 0.240. The van der Waals surface area contributed by atoms with Gasteiger partial charge in [0.25, 0.3) is 0 Å². The summed E-state index contributed by atoms with van der Waals surface area (Å²) in [6.45, 7) is 0. The maximum absolute atomic E-state index is 5.25. The maximum Gasteiger partial charge on any atom is 0.525 e. The molecule has 1 heterocycles. The normalized spacial score (nSPS) is 17.1. The Morgan fingerprint density at radius 2 is 2.00 bits per heavy atom. The summed E-state index contributed by atoms with van der Waals surface area (Å²) >= 11 is 1.78. The standard InChI is InChI=1S/C12H15BN2O2S/c14-16-13(17-15)10-6-3-5-9-8-4-1-2-7-11(8)18-12(9)10/h2,5,7H,1,3-4,6,14-15H2. The van der Waals surface area contributed by atoms with Gasteiger partial charge in [-0.15, -0.1) is 11.3 Å². The first kappa shape index (κ1) is 12.1. The zero-order valence-corrected chi connectivity index (χ0v) is 10.8. The van der Waals surface area contributed by atoms with Gasteiger partial charge in [0, 0.05) is 9.41 Å². The van der Waals surface area contributed by atoms with Crippen molar-refractivity contribution < 1.29 is 9.51 Å². The molecule has 2 aliphatic carbocycles. The van der Waals surface area contributed by atoms with Gasteiger partial charge in [-0.3, -0.25) is 0 Å². The van der Waals surface area contributed by atoms with Crippen LogP contribution in [0.15, 0.2) is 6.08 Å². The Labute approximate surface area is 110 Å². The van der Waals surface area contributed by atoms with Crippen LogP contribution in [0, 0.1) is 0 Å². The quantitative estimate of drug-likeness (QED) is 0.604. The zero-order valence-electron chi connectivity index (χ0n) is 10.0. The minimum absolute atomic E-state index is 0.637. The summed E-state index contributed by atoms with van der Waals surface area (Å²) in [5, 5.41) is 1.33. The molecule has 94 valence electrons. The van der Waals surface area contributed by atoms with Crippen LogP contribution in [0.5, 0.6) is 0 Å². The summed E-state index contributed by atoms with van der Waals surface area (Å²) in [5.74, 6) is 10.5. The number of thiophene rings is 1. The fourth-order valence-corrected chi connectivity index (χ4v) is 4.03. The third-order valence-electron chi connectivity index (χ3n) is 3.49. The van der Waals surface area contributed by atoms with Gasteiger partial charge in [-0.2, -0.15) is 0 Å². The Morgan fingerprint density at radius 1 is 1.17 bits per heavy atom. The molecule has 1 aromatic rings. The first-order valence-corrected chi connectivity index (χ1v) is 6.89. The third kappa shape index (κ3) is 1.86. The van der Waals surface area contributed by atoms with E-state index < -0.39 is 7.12 Å². The lowest BCUT2D eigenvalue weighted by Gasteiger charge is -2.13. The van der Waals surface area contributed by atoms with Gasteiger partial charge in [0.05, 0.1) is 0 Å². The largest absolute Gasteiger partial charge is 0.525 e. The lowest BCUT2D eigenvalue weighted by molar-refractivity contribution is 0.215. The Kier molecular flexibility index (Phi) is 3.36. The topological polar surface area (TPSA) is 70.5 Å². The zero-order chi connectivity index (χ0) is 12.5. The predicted molar refractivity (Wildman–Crippen MR) is 74.3 cm³/mol. The van der Waals surface area contributed by atoms with E-state index >= 15 is 0 Å². The van der Waals surface area contributed by atoms with Crippen molar-refractivity contribution in [3.05, 3.63) is 26.3 Å². The molecule has 0 bridgehead atoms. The van der Waals surface area contributed by atoms with E-state index in [0.29, 0.717) is 0 Å². The fourth-order valence-electron chi connectivity index (χ4n) is 2.67. The van der Waals surface area contributed by atoms with E-state index in [0.717, 1.165) is 31.2 Å². The van der Waals surface area contributed by atoms with Crippen molar-refractivity contribution in [2.24, 2.45) is 11.8 Å². The molecule has 0 spiro atoms. The average Bonchev–Trinajstić information content (AvgIpc) is 2.80. The second-order valence-electron chi connectivity index (χ2n) is 4.50. The minimum atomic E-state index is -0.637. The molecule has 4 N–H and O–H groups in total. The molecule has 0 amide bonds. The molecule has 4 nitrogen and oxygen atoms in total. The highest BCUT2D eigenvalue weighted by Crippen LogP contribution is 2.22. The highest BCUT2D eigenvalue weighted by molar-refractivity contribution is 7.11. The molecule has 0 saturated carbocycles. The highest BCUT2D eigenvalue weighted by atomic mass is 32.1. The molecule has 1 aromatic heterocycles. The highest BCUT2D eigenvalue weighted by Gasteiger charge is 2.27. The SMILES string of the molecule is NOB(ON)C1=c2sc3c(c2=CCC1)CCC=C3. The van der Waals surface area contributed by atoms with E-state index in [1.165, 1.54) is 20.2 Å². The van der Waals surface area contributed by atoms with Crippen molar-refractivity contribution in [3.63, 3.8) is 0 Å². The average molecular weight is 262 g/mol. The van der Waals surface area contributed by atoms with E-state index in [4.69, 9.17) is 21.3 Å². The number of fused-ring (bicyclic) bond motifs is 3. The van der Waals surface area contributed by atoms with Crippen molar-refractivity contribution in [2.45, 2.75) is 25.7 Å². The smallest absolute Gasteiger partial charge is 0.324 e. The van der Waals surface area contributed by atoms with Crippen LogP contribution in [0.25, 0.3) is 17.6 Å². The van der Waals surface area contributed by atoms with E-state index in [-0.39, 0.29) is 0 Å². The monoisotopic (exact) mass is 262 g/mol. The first-order chi connectivity index (χ1) is 8.85. The van der Waals surface area contributed by atoms with Gasteiger partial charge >= 0.3 is 7.12 Å². The van der Waals surface area contributed by atoms with Crippen LogP contribution in [0.1, 0.15) is 29.7 Å². The van der Waals surface area contributed by atoms with Gasteiger partial charge < -0.3 is 9.51 Å². The second kappa shape index (κ2) is 4.99. The number of rotatable bonds is 3. The Morgan fingerprint density at radius 3 is 2.78 bits per heavy atom. The molecule has 2 aliphatic rings. The van der Waals surface area contributed by atoms with Crippen molar-refractivity contribution in [3.8, 4) is 0 Å². The summed E-state index contributed by atoms with van der Waals surface area (Å²) in [5.41, 5.74) is 2.51. The van der Waals surface area contributed by atoms with Crippen molar-refractivity contribution >= 4 is 36.1 Å². The van der Waals surface area contributed by atoms with Crippen LogP contribution in [0.2, 0.25) is 0 Å². The fraction of sp³-hybridized carbons (Fsp3) is 0.333. The van der Waals surface area contributed by atoms with Crippen LogP contribution in [0.3, 0.4) is 0 Å². The molecule has 0 saturated heterocycles. The summed E-state index contributed by atoms with van der Waals surface area (Å²) in [6.07, 6.45) is 10.8. The molecule has 0 radical (unpaired) electrons. The molecular formula is C12H15BN2O2S. The molecule has 0 aliphatic heterocycles. The molecule has 0 fully saturated rings. The summed E-state index contributed by atoms with van der Waals surface area (Å²) in [6, 6.07) is 0. The van der Waals surface area contributed by atoms with E-state index in [1.54, 1.807) is 11.3 Å². The molecule has 0 aromatic carbocycles. The molecule has 0 atom stereocenters. The van der Waals surface area contributed by atoms with Crippen LogP contribution in [-0.4, -0.2) is 7.12 Å². The van der Waals surface area contributed by atoms with E-state index in [9.17, 15) is 0 Å². The summed E-state index contributed by atoms with van der Waals surface area (Å²) in [4.78, 5) is 1.34. The number of allylic oxidation sites excluding steroid dienone is 1. The lowest BCUT2D eigenvalue weighted by Crippen LogP contribution is -2.39. The van der Waals surface area contributed by atoms with Crippen LogP contribution < -0.4 is 21.5 Å². The number of nitrogens with two attached hydrogens (primary N) is 2. The Balaban J connectivity index is 2.24. The van der Waals surface area contributed by atoms with Crippen molar-refractivity contribution in [1.82, 2.24) is 0 Å². The number of hydrogen-bond donors (Lipinski definition) is 2. The van der Waals surface area contributed by atoms with Gasteiger partial charge in [0.2, 0.25) is 0 Å². The van der Waals surface area contributed by atoms with Gasteiger partial charge in [0.1, 0.15) is 0 Å². The van der Waals surface area contributed by atoms with Gasteiger partial charge in [-0.1, -0.05) is 12.2 Å². The Hall–Kier alpha value is -0.915.